The molecule has 0 aromatic carbocycles. The maximum Gasteiger partial charge on any atom is 0.172 e. The quantitative estimate of drug-likeness (QED) is 0.761. The summed E-state index contributed by atoms with van der Waals surface area (Å²) >= 11 is 1.45. The summed E-state index contributed by atoms with van der Waals surface area (Å²) < 4.78 is 0. The normalized spacial score (nSPS) is 29.1. The smallest absolute Gasteiger partial charge is 0.172 e. The summed E-state index contributed by atoms with van der Waals surface area (Å²) in [5, 5.41) is 13.5. The van der Waals surface area contributed by atoms with Gasteiger partial charge < -0.3 is 10.4 Å². The number of carbonyl (C=O) groups is 1. The number of allylic oxidation sites excluding steroid dienone is 2. The zero-order chi connectivity index (χ0) is 14.6. The summed E-state index contributed by atoms with van der Waals surface area (Å²) in [4.78, 5) is 13.0. The zero-order valence-electron chi connectivity index (χ0n) is 12.5. The van der Waals surface area contributed by atoms with Crippen LogP contribution >= 0.6 is 11.8 Å². The van der Waals surface area contributed by atoms with Gasteiger partial charge in [0, 0.05) is 18.4 Å². The van der Waals surface area contributed by atoms with Crippen LogP contribution in [-0.4, -0.2) is 36.8 Å². The fourth-order valence-corrected chi connectivity index (χ4v) is 3.44. The molecule has 19 heavy (non-hydrogen) atoms. The van der Waals surface area contributed by atoms with Gasteiger partial charge in [0.25, 0.3) is 0 Å². The Hall–Kier alpha value is -0.580. The van der Waals surface area contributed by atoms with Gasteiger partial charge in [-0.25, -0.2) is 0 Å². The number of rotatable bonds is 5. The molecule has 4 heteroatoms. The van der Waals surface area contributed by atoms with E-state index in [1.165, 1.54) is 17.3 Å². The average Bonchev–Trinajstić information content (AvgIpc) is 2.37. The molecule has 0 radical (unpaired) electrons. The molecule has 2 N–H and O–H groups in total. The van der Waals surface area contributed by atoms with Crippen LogP contribution in [0.1, 0.15) is 27.2 Å². The van der Waals surface area contributed by atoms with E-state index in [9.17, 15) is 9.90 Å². The number of thioether (sulfide) groups is 1. The van der Waals surface area contributed by atoms with Gasteiger partial charge in [0.2, 0.25) is 0 Å². The zero-order valence-corrected chi connectivity index (χ0v) is 13.3. The second-order valence-corrected chi connectivity index (χ2v) is 6.11. The SMILES string of the molecule is CNCC(C)=CCC1C(C)C(=O)C(SC)=C(C)C1O. The van der Waals surface area contributed by atoms with Crippen molar-refractivity contribution < 1.29 is 9.90 Å². The maximum atomic E-state index is 12.3. The first-order valence-corrected chi connectivity index (χ1v) is 7.93. The minimum absolute atomic E-state index is 0.00444. The van der Waals surface area contributed by atoms with Crippen LogP contribution in [0, 0.1) is 11.8 Å². The molecule has 3 nitrogen and oxygen atoms in total. The average molecular weight is 283 g/mol. The summed E-state index contributed by atoms with van der Waals surface area (Å²) in [6.07, 6.45) is 4.27. The van der Waals surface area contributed by atoms with E-state index in [0.717, 1.165) is 23.4 Å². The summed E-state index contributed by atoms with van der Waals surface area (Å²) in [5.74, 6) is 0.0648. The van der Waals surface area contributed by atoms with Crippen molar-refractivity contribution in [2.45, 2.75) is 33.3 Å². The number of aliphatic hydroxyl groups excluding tert-OH is 1. The second kappa shape index (κ2) is 7.27. The van der Waals surface area contributed by atoms with Crippen LogP contribution in [0.25, 0.3) is 0 Å². The summed E-state index contributed by atoms with van der Waals surface area (Å²) in [5.41, 5.74) is 2.08. The minimum atomic E-state index is -0.506. The lowest BCUT2D eigenvalue weighted by atomic mass is 9.76. The van der Waals surface area contributed by atoms with Gasteiger partial charge in [-0.15, -0.1) is 11.8 Å². The van der Waals surface area contributed by atoms with Crippen molar-refractivity contribution in [2.24, 2.45) is 11.8 Å². The van der Waals surface area contributed by atoms with Crippen LogP contribution < -0.4 is 5.32 Å². The van der Waals surface area contributed by atoms with E-state index in [4.69, 9.17) is 0 Å². The molecule has 0 aliphatic heterocycles. The van der Waals surface area contributed by atoms with Crippen molar-refractivity contribution in [3.05, 3.63) is 22.1 Å². The first kappa shape index (κ1) is 16.5. The van der Waals surface area contributed by atoms with Gasteiger partial charge >= 0.3 is 0 Å². The van der Waals surface area contributed by atoms with Crippen LogP contribution in [-0.2, 0) is 4.79 Å². The predicted octanol–water partition coefficient (Wildman–Crippen LogP) is 2.38. The molecule has 3 unspecified atom stereocenters. The van der Waals surface area contributed by atoms with E-state index in [2.05, 4.69) is 18.3 Å². The van der Waals surface area contributed by atoms with E-state index in [1.807, 2.05) is 27.2 Å². The van der Waals surface area contributed by atoms with Crippen LogP contribution in [0.4, 0.5) is 0 Å². The van der Waals surface area contributed by atoms with Crippen LogP contribution in [0.5, 0.6) is 0 Å². The van der Waals surface area contributed by atoms with Gasteiger partial charge in [-0.1, -0.05) is 18.6 Å². The lowest BCUT2D eigenvalue weighted by molar-refractivity contribution is -0.122. The Bertz CT molecular complexity index is 401. The van der Waals surface area contributed by atoms with E-state index < -0.39 is 6.10 Å². The molecule has 0 spiro atoms. The van der Waals surface area contributed by atoms with Gasteiger partial charge in [0.05, 0.1) is 11.0 Å². The van der Waals surface area contributed by atoms with Gasteiger partial charge in [0.1, 0.15) is 0 Å². The van der Waals surface area contributed by atoms with Crippen LogP contribution in [0.15, 0.2) is 22.1 Å². The fraction of sp³-hybridized carbons (Fsp3) is 0.667. The van der Waals surface area contributed by atoms with Gasteiger partial charge in [-0.3, -0.25) is 4.79 Å². The third-order valence-corrected chi connectivity index (χ3v) is 4.82. The summed E-state index contributed by atoms with van der Waals surface area (Å²) in [6.45, 7) is 6.71. The Kier molecular flexibility index (Phi) is 6.30. The molecule has 0 bridgehead atoms. The van der Waals surface area contributed by atoms with Crippen LogP contribution in [0.3, 0.4) is 0 Å². The molecule has 1 aliphatic carbocycles. The highest BCUT2D eigenvalue weighted by atomic mass is 32.2. The molecule has 0 amide bonds. The van der Waals surface area contributed by atoms with Gasteiger partial charge in [0.15, 0.2) is 5.78 Å². The molecule has 0 saturated heterocycles. The van der Waals surface area contributed by atoms with Gasteiger partial charge in [-0.05, 0) is 39.1 Å². The number of carbonyl (C=O) groups excluding carboxylic acids is 1. The van der Waals surface area contributed by atoms with E-state index in [0.29, 0.717) is 0 Å². The van der Waals surface area contributed by atoms with E-state index in [-0.39, 0.29) is 17.6 Å². The molecule has 1 rings (SSSR count). The molecular formula is C15H25NO2S. The number of Topliss-reactive ketones (excluding diaryl/α,β-unsaturated/α-hetero) is 1. The monoisotopic (exact) mass is 283 g/mol. The van der Waals surface area contributed by atoms with Crippen molar-refractivity contribution in [1.82, 2.24) is 5.32 Å². The summed E-state index contributed by atoms with van der Waals surface area (Å²) in [6, 6.07) is 0. The Morgan fingerprint density at radius 3 is 2.68 bits per heavy atom. The molecule has 1 aliphatic rings. The Morgan fingerprint density at radius 1 is 1.53 bits per heavy atom. The highest BCUT2D eigenvalue weighted by molar-refractivity contribution is 8.03. The molecular weight excluding hydrogens is 258 g/mol. The number of hydrogen-bond donors (Lipinski definition) is 2. The molecule has 108 valence electrons. The Labute approximate surface area is 120 Å². The van der Waals surface area contributed by atoms with Crippen molar-refractivity contribution in [2.75, 3.05) is 19.8 Å². The molecule has 3 atom stereocenters. The molecule has 0 aromatic heterocycles. The third-order valence-electron chi connectivity index (χ3n) is 3.89. The van der Waals surface area contributed by atoms with E-state index >= 15 is 0 Å². The van der Waals surface area contributed by atoms with E-state index in [1.54, 1.807) is 0 Å². The largest absolute Gasteiger partial charge is 0.388 e. The molecule has 0 saturated carbocycles. The first-order valence-electron chi connectivity index (χ1n) is 6.71. The Morgan fingerprint density at radius 2 is 2.16 bits per heavy atom. The molecule has 0 fully saturated rings. The topological polar surface area (TPSA) is 49.3 Å². The van der Waals surface area contributed by atoms with Crippen molar-refractivity contribution >= 4 is 17.5 Å². The fourth-order valence-electron chi connectivity index (χ4n) is 2.61. The highest BCUT2D eigenvalue weighted by Gasteiger charge is 2.38. The lowest BCUT2D eigenvalue weighted by Crippen LogP contribution is -2.37. The van der Waals surface area contributed by atoms with Crippen molar-refractivity contribution in [3.63, 3.8) is 0 Å². The standard InChI is InChI=1S/C15H25NO2S/c1-9(8-16-4)6-7-12-10(2)14(18)15(19-5)11(3)13(12)17/h6,10,12-13,16-17H,7-8H2,1-5H3. The first-order chi connectivity index (χ1) is 8.93. The highest BCUT2D eigenvalue weighted by Crippen LogP contribution is 2.37. The Balaban J connectivity index is 2.89. The van der Waals surface area contributed by atoms with Crippen molar-refractivity contribution in [1.29, 1.82) is 0 Å². The number of aliphatic hydroxyl groups is 1. The third kappa shape index (κ3) is 3.71. The molecule has 0 aromatic rings. The predicted molar refractivity (Wildman–Crippen MR) is 82.2 cm³/mol. The number of nitrogens with one attached hydrogen (secondary N) is 1. The van der Waals surface area contributed by atoms with Crippen molar-refractivity contribution in [3.8, 4) is 0 Å². The summed E-state index contributed by atoms with van der Waals surface area (Å²) in [7, 11) is 1.91. The lowest BCUT2D eigenvalue weighted by Gasteiger charge is -2.34. The molecule has 0 heterocycles. The minimum Gasteiger partial charge on any atom is -0.388 e. The number of hydrogen-bond acceptors (Lipinski definition) is 4. The van der Waals surface area contributed by atoms with Crippen LogP contribution in [0.2, 0.25) is 0 Å². The maximum absolute atomic E-state index is 12.3. The number of likely N-dealkylation sites (N-methyl/N-ethyl adjacent to an activating group) is 1. The number of ketones is 1. The van der Waals surface area contributed by atoms with Gasteiger partial charge in [-0.2, -0.15) is 0 Å². The second-order valence-electron chi connectivity index (χ2n) is 5.29.